The van der Waals surface area contributed by atoms with Gasteiger partial charge in [0.2, 0.25) is 21.8 Å². The van der Waals surface area contributed by atoms with E-state index in [1.54, 1.807) is 30.3 Å². The largest absolute Gasteiger partial charge is 0.416 e. The Morgan fingerprint density at radius 3 is 2.29 bits per heavy atom. The van der Waals surface area contributed by atoms with Crippen LogP contribution in [0.15, 0.2) is 54.6 Å². The van der Waals surface area contributed by atoms with Gasteiger partial charge in [0, 0.05) is 13.1 Å². The average Bonchev–Trinajstić information content (AvgIpc) is 2.80. The van der Waals surface area contributed by atoms with Crippen LogP contribution < -0.4 is 9.62 Å². The third kappa shape index (κ3) is 8.27. The number of hydrogen-bond donors (Lipinski definition) is 1. The predicted octanol–water partition coefficient (Wildman–Crippen LogP) is 3.81. The summed E-state index contributed by atoms with van der Waals surface area (Å²) in [7, 11) is -4.13. The Hall–Kier alpha value is -3.08. The monoisotopic (exact) mass is 513 g/mol. The molecule has 1 N–H and O–H groups in total. The van der Waals surface area contributed by atoms with Crippen molar-refractivity contribution in [2.45, 2.75) is 45.5 Å². The highest BCUT2D eigenvalue weighted by atomic mass is 32.2. The van der Waals surface area contributed by atoms with Gasteiger partial charge in [0.05, 0.1) is 17.5 Å². The minimum absolute atomic E-state index is 0.0161. The molecule has 35 heavy (non-hydrogen) atoms. The van der Waals surface area contributed by atoms with Crippen LogP contribution in [0.2, 0.25) is 0 Å². The zero-order valence-corrected chi connectivity index (χ0v) is 20.7. The summed E-state index contributed by atoms with van der Waals surface area (Å²) < 4.78 is 65.2. The lowest BCUT2D eigenvalue weighted by atomic mass is 10.1. The highest BCUT2D eigenvalue weighted by molar-refractivity contribution is 7.92. The first-order valence-electron chi connectivity index (χ1n) is 11.1. The fraction of sp³-hybridized carbons (Fsp3) is 0.417. The molecule has 0 aromatic heterocycles. The van der Waals surface area contributed by atoms with Gasteiger partial charge in [-0.15, -0.1) is 0 Å². The third-order valence-corrected chi connectivity index (χ3v) is 6.47. The fourth-order valence-electron chi connectivity index (χ4n) is 3.35. The molecule has 192 valence electrons. The van der Waals surface area contributed by atoms with Gasteiger partial charge in [-0.25, -0.2) is 8.42 Å². The van der Waals surface area contributed by atoms with Crippen molar-refractivity contribution < 1.29 is 31.2 Å². The zero-order chi connectivity index (χ0) is 26.2. The summed E-state index contributed by atoms with van der Waals surface area (Å²) in [5.74, 6) is -1.14. The molecular formula is C24H30F3N3O4S. The number of anilines is 1. The average molecular weight is 514 g/mol. The van der Waals surface area contributed by atoms with Crippen LogP contribution in [-0.2, 0) is 32.3 Å². The summed E-state index contributed by atoms with van der Waals surface area (Å²) in [6.07, 6.45) is -2.26. The number of benzene rings is 2. The number of alkyl halides is 3. The molecule has 0 saturated carbocycles. The highest BCUT2D eigenvalue weighted by Crippen LogP contribution is 2.32. The molecule has 0 radical (unpaired) electrons. The first-order valence-corrected chi connectivity index (χ1v) is 13.0. The van der Waals surface area contributed by atoms with Gasteiger partial charge >= 0.3 is 6.18 Å². The van der Waals surface area contributed by atoms with Crippen molar-refractivity contribution in [2.24, 2.45) is 0 Å². The molecule has 2 amide bonds. The van der Waals surface area contributed by atoms with E-state index in [-0.39, 0.29) is 12.2 Å². The van der Waals surface area contributed by atoms with Crippen LogP contribution >= 0.6 is 0 Å². The third-order valence-electron chi connectivity index (χ3n) is 5.33. The topological polar surface area (TPSA) is 86.8 Å². The molecule has 0 aliphatic heterocycles. The molecule has 2 aromatic carbocycles. The number of amides is 2. The highest BCUT2D eigenvalue weighted by Gasteiger charge is 2.33. The molecule has 1 unspecified atom stereocenters. The van der Waals surface area contributed by atoms with E-state index in [0.29, 0.717) is 22.5 Å². The van der Waals surface area contributed by atoms with E-state index in [2.05, 4.69) is 5.32 Å². The van der Waals surface area contributed by atoms with Crippen molar-refractivity contribution in [2.75, 3.05) is 23.7 Å². The van der Waals surface area contributed by atoms with Crippen molar-refractivity contribution in [3.63, 3.8) is 0 Å². The summed E-state index contributed by atoms with van der Waals surface area (Å²) in [4.78, 5) is 27.3. The van der Waals surface area contributed by atoms with E-state index < -0.39 is 46.2 Å². The minimum Gasteiger partial charge on any atom is -0.354 e. The Labute approximate surface area is 204 Å². The first kappa shape index (κ1) is 28.2. The van der Waals surface area contributed by atoms with E-state index >= 15 is 0 Å². The molecule has 2 aromatic rings. The zero-order valence-electron chi connectivity index (χ0n) is 19.9. The fourth-order valence-corrected chi connectivity index (χ4v) is 4.19. The number of rotatable bonds is 11. The maximum absolute atomic E-state index is 13.4. The Kier molecular flexibility index (Phi) is 9.70. The van der Waals surface area contributed by atoms with Crippen molar-refractivity contribution >= 4 is 27.5 Å². The second kappa shape index (κ2) is 12.1. The van der Waals surface area contributed by atoms with Gasteiger partial charge in [-0.3, -0.25) is 13.9 Å². The molecule has 2 rings (SSSR count). The maximum atomic E-state index is 13.4. The maximum Gasteiger partial charge on any atom is 0.416 e. The van der Waals surface area contributed by atoms with E-state index in [1.165, 1.54) is 17.9 Å². The normalized spacial score (nSPS) is 12.6. The van der Waals surface area contributed by atoms with E-state index in [1.807, 2.05) is 6.92 Å². The summed E-state index contributed by atoms with van der Waals surface area (Å²) in [6.45, 7) is 3.17. The number of unbranched alkanes of at least 4 members (excludes halogenated alkanes) is 1. The van der Waals surface area contributed by atoms with Gasteiger partial charge < -0.3 is 10.2 Å². The Morgan fingerprint density at radius 2 is 1.71 bits per heavy atom. The van der Waals surface area contributed by atoms with Crippen LogP contribution in [0.3, 0.4) is 0 Å². The molecule has 0 bridgehead atoms. The molecule has 0 aliphatic rings. The lowest BCUT2D eigenvalue weighted by molar-refractivity contribution is -0.139. The van der Waals surface area contributed by atoms with Gasteiger partial charge in [-0.2, -0.15) is 13.2 Å². The number of hydrogen-bond acceptors (Lipinski definition) is 4. The number of nitrogens with one attached hydrogen (secondary N) is 1. The SMILES string of the molecule is CCCCNC(=O)C(C)N(Cc1ccccc1)C(=O)CN(c1cccc(C(F)(F)F)c1)S(C)(=O)=O. The summed E-state index contributed by atoms with van der Waals surface area (Å²) in [5, 5.41) is 2.75. The summed E-state index contributed by atoms with van der Waals surface area (Å²) in [5.41, 5.74) is -0.629. The molecule has 0 heterocycles. The second-order valence-electron chi connectivity index (χ2n) is 8.15. The van der Waals surface area contributed by atoms with Crippen LogP contribution in [0.25, 0.3) is 0 Å². The number of sulfonamides is 1. The smallest absolute Gasteiger partial charge is 0.354 e. The Morgan fingerprint density at radius 1 is 1.06 bits per heavy atom. The van der Waals surface area contributed by atoms with Crippen molar-refractivity contribution in [3.8, 4) is 0 Å². The Balaban J connectivity index is 2.38. The van der Waals surface area contributed by atoms with Gasteiger partial charge in [-0.1, -0.05) is 49.7 Å². The van der Waals surface area contributed by atoms with Crippen LogP contribution in [0.5, 0.6) is 0 Å². The molecule has 7 nitrogen and oxygen atoms in total. The number of carbonyl (C=O) groups is 2. The van der Waals surface area contributed by atoms with Crippen molar-refractivity contribution in [1.82, 2.24) is 10.2 Å². The lowest BCUT2D eigenvalue weighted by Crippen LogP contribution is -2.51. The molecule has 0 fully saturated rings. The van der Waals surface area contributed by atoms with Crippen molar-refractivity contribution in [3.05, 3.63) is 65.7 Å². The number of carbonyl (C=O) groups excluding carboxylic acids is 2. The standard InChI is InChI=1S/C24H30F3N3O4S/c1-4-5-14-28-23(32)18(2)29(16-19-10-7-6-8-11-19)22(31)17-30(35(3,33)34)21-13-9-12-20(15-21)24(25,26)27/h6-13,15,18H,4-5,14,16-17H2,1-3H3,(H,28,32). The van der Waals surface area contributed by atoms with Crippen LogP contribution in [-0.4, -0.2) is 50.5 Å². The van der Waals surface area contributed by atoms with E-state index in [4.69, 9.17) is 0 Å². The first-order chi connectivity index (χ1) is 16.3. The van der Waals surface area contributed by atoms with Crippen molar-refractivity contribution in [1.29, 1.82) is 0 Å². The molecule has 0 spiro atoms. The summed E-state index contributed by atoms with van der Waals surface area (Å²) in [6, 6.07) is 11.6. The van der Waals surface area contributed by atoms with Gasteiger partial charge in [0.1, 0.15) is 12.6 Å². The molecule has 0 saturated heterocycles. The van der Waals surface area contributed by atoms with Crippen LogP contribution in [0.1, 0.15) is 37.8 Å². The van der Waals surface area contributed by atoms with E-state index in [9.17, 15) is 31.2 Å². The molecular weight excluding hydrogens is 483 g/mol. The lowest BCUT2D eigenvalue weighted by Gasteiger charge is -2.31. The second-order valence-corrected chi connectivity index (χ2v) is 10.1. The van der Waals surface area contributed by atoms with Gasteiger partial charge in [-0.05, 0) is 37.1 Å². The van der Waals surface area contributed by atoms with Gasteiger partial charge in [0.25, 0.3) is 0 Å². The van der Waals surface area contributed by atoms with Crippen LogP contribution in [0.4, 0.5) is 18.9 Å². The summed E-state index contributed by atoms with van der Waals surface area (Å²) >= 11 is 0. The predicted molar refractivity (Wildman–Crippen MR) is 128 cm³/mol. The minimum atomic E-state index is -4.69. The number of halogens is 3. The van der Waals surface area contributed by atoms with E-state index in [0.717, 1.165) is 31.2 Å². The molecule has 11 heteroatoms. The number of nitrogens with zero attached hydrogens (tertiary/aromatic N) is 2. The van der Waals surface area contributed by atoms with Crippen LogP contribution in [0, 0.1) is 0 Å². The molecule has 1 atom stereocenters. The quantitative estimate of drug-likeness (QED) is 0.463. The Bertz CT molecular complexity index is 1110. The van der Waals surface area contributed by atoms with Gasteiger partial charge in [0.15, 0.2) is 0 Å². The molecule has 0 aliphatic carbocycles.